The Balaban J connectivity index is 1.86. The number of halogens is 1. The van der Waals surface area contributed by atoms with E-state index < -0.39 is 0 Å². The van der Waals surface area contributed by atoms with Crippen LogP contribution in [0.2, 0.25) is 0 Å². The quantitative estimate of drug-likeness (QED) is 0.793. The molecular formula is C15H16BrNO2. The molecular weight excluding hydrogens is 306 g/mol. The molecule has 0 bridgehead atoms. The van der Waals surface area contributed by atoms with Crippen molar-refractivity contribution in [3.05, 3.63) is 63.6 Å². The van der Waals surface area contributed by atoms with Crippen LogP contribution in [0.25, 0.3) is 0 Å². The fourth-order valence-electron chi connectivity index (χ4n) is 1.77. The lowest BCUT2D eigenvalue weighted by Gasteiger charge is -2.07. The van der Waals surface area contributed by atoms with E-state index >= 15 is 0 Å². The fourth-order valence-corrected chi connectivity index (χ4v) is 2.20. The molecule has 4 heteroatoms. The Kier molecular flexibility index (Phi) is 4.96. The van der Waals surface area contributed by atoms with E-state index in [1.807, 2.05) is 36.4 Å². The molecule has 0 spiro atoms. The van der Waals surface area contributed by atoms with Gasteiger partial charge in [0.2, 0.25) is 0 Å². The van der Waals surface area contributed by atoms with Crippen LogP contribution in [0, 0.1) is 0 Å². The minimum Gasteiger partial charge on any atom is -0.507 e. The number of phenolic OH excluding ortho intramolecular Hbond substituents is 1. The van der Waals surface area contributed by atoms with Crippen molar-refractivity contribution in [2.24, 2.45) is 0 Å². The largest absolute Gasteiger partial charge is 0.507 e. The first-order valence-corrected chi connectivity index (χ1v) is 6.85. The highest BCUT2D eigenvalue weighted by Crippen LogP contribution is 2.24. The first-order chi connectivity index (χ1) is 9.19. The molecule has 0 aliphatic carbocycles. The fraction of sp³-hybridized carbons (Fsp3) is 0.200. The number of benzene rings is 2. The summed E-state index contributed by atoms with van der Waals surface area (Å²) in [7, 11) is 0. The maximum absolute atomic E-state index is 9.41. The van der Waals surface area contributed by atoms with Crippen molar-refractivity contribution in [3.8, 4) is 5.75 Å². The maximum Gasteiger partial charge on any atom is 0.129 e. The van der Waals surface area contributed by atoms with Crippen LogP contribution in [0.4, 0.5) is 0 Å². The number of rotatable bonds is 5. The molecule has 3 N–H and O–H groups in total. The minimum atomic E-state index is 0.0786. The molecule has 0 amide bonds. The van der Waals surface area contributed by atoms with Gasteiger partial charge in [-0.3, -0.25) is 0 Å². The summed E-state index contributed by atoms with van der Waals surface area (Å²) in [6, 6.07) is 13.3. The predicted octanol–water partition coefficient (Wildman–Crippen LogP) is 2.94. The second-order valence-electron chi connectivity index (χ2n) is 4.36. The summed E-state index contributed by atoms with van der Waals surface area (Å²) in [5.74, 6) is 0.253. The van der Waals surface area contributed by atoms with Crippen LogP contribution >= 0.6 is 15.9 Å². The van der Waals surface area contributed by atoms with Crippen LogP contribution in [0.3, 0.4) is 0 Å². The molecule has 0 saturated heterocycles. The molecule has 100 valence electrons. The Morgan fingerprint density at radius 2 is 1.47 bits per heavy atom. The number of hydrogen-bond donors (Lipinski definition) is 3. The van der Waals surface area contributed by atoms with Crippen LogP contribution in [0.1, 0.15) is 16.7 Å². The highest BCUT2D eigenvalue weighted by Gasteiger charge is 2.00. The zero-order valence-corrected chi connectivity index (χ0v) is 12.0. The van der Waals surface area contributed by atoms with Gasteiger partial charge in [-0.1, -0.05) is 30.3 Å². The number of phenols is 1. The monoisotopic (exact) mass is 321 g/mol. The van der Waals surface area contributed by atoms with Gasteiger partial charge in [0, 0.05) is 13.1 Å². The molecule has 0 atom stereocenters. The third-order valence-electron chi connectivity index (χ3n) is 2.88. The van der Waals surface area contributed by atoms with Crippen LogP contribution in [0.5, 0.6) is 5.75 Å². The normalized spacial score (nSPS) is 10.6. The third-order valence-corrected chi connectivity index (χ3v) is 3.51. The van der Waals surface area contributed by atoms with E-state index in [2.05, 4.69) is 21.2 Å². The van der Waals surface area contributed by atoms with Gasteiger partial charge < -0.3 is 15.5 Å². The topological polar surface area (TPSA) is 52.5 Å². The lowest BCUT2D eigenvalue weighted by molar-refractivity contribution is 0.282. The number of aromatic hydroxyl groups is 1. The van der Waals surface area contributed by atoms with Crippen molar-refractivity contribution in [1.29, 1.82) is 0 Å². The average Bonchev–Trinajstić information content (AvgIpc) is 2.43. The van der Waals surface area contributed by atoms with E-state index in [-0.39, 0.29) is 12.4 Å². The minimum absolute atomic E-state index is 0.0786. The SMILES string of the molecule is OCc1ccc(CNCc2ccc(O)c(Br)c2)cc1. The second-order valence-corrected chi connectivity index (χ2v) is 5.22. The molecule has 2 rings (SSSR count). The Morgan fingerprint density at radius 1 is 0.895 bits per heavy atom. The molecule has 0 saturated carbocycles. The van der Waals surface area contributed by atoms with Gasteiger partial charge >= 0.3 is 0 Å². The summed E-state index contributed by atoms with van der Waals surface area (Å²) in [6.07, 6.45) is 0. The van der Waals surface area contributed by atoms with Crippen molar-refractivity contribution < 1.29 is 10.2 Å². The second kappa shape index (κ2) is 6.70. The molecule has 0 unspecified atom stereocenters. The van der Waals surface area contributed by atoms with Crippen LogP contribution in [-0.2, 0) is 19.7 Å². The molecule has 2 aromatic rings. The van der Waals surface area contributed by atoms with Crippen molar-refractivity contribution in [3.63, 3.8) is 0 Å². The average molecular weight is 322 g/mol. The Bertz CT molecular complexity index is 540. The van der Waals surface area contributed by atoms with Gasteiger partial charge in [-0.05, 0) is 44.8 Å². The molecule has 0 aromatic heterocycles. The summed E-state index contributed by atoms with van der Waals surface area (Å²) in [4.78, 5) is 0. The van der Waals surface area contributed by atoms with Gasteiger partial charge in [-0.2, -0.15) is 0 Å². The van der Waals surface area contributed by atoms with Gasteiger partial charge in [0.15, 0.2) is 0 Å². The van der Waals surface area contributed by atoms with Crippen molar-refractivity contribution in [2.75, 3.05) is 0 Å². The van der Waals surface area contributed by atoms with E-state index in [0.717, 1.165) is 24.2 Å². The van der Waals surface area contributed by atoms with E-state index in [4.69, 9.17) is 5.11 Å². The molecule has 0 heterocycles. The van der Waals surface area contributed by atoms with E-state index in [0.29, 0.717) is 4.47 Å². The van der Waals surface area contributed by atoms with E-state index in [9.17, 15) is 5.11 Å². The van der Waals surface area contributed by atoms with Crippen LogP contribution < -0.4 is 5.32 Å². The number of nitrogens with one attached hydrogen (secondary N) is 1. The van der Waals surface area contributed by atoms with E-state index in [1.54, 1.807) is 6.07 Å². The molecule has 2 aromatic carbocycles. The number of aliphatic hydroxyl groups excluding tert-OH is 1. The Hall–Kier alpha value is -1.36. The Morgan fingerprint density at radius 3 is 2.11 bits per heavy atom. The van der Waals surface area contributed by atoms with Gasteiger partial charge in [0.1, 0.15) is 5.75 Å². The molecule has 0 fully saturated rings. The summed E-state index contributed by atoms with van der Waals surface area (Å²) in [5, 5.41) is 21.7. The van der Waals surface area contributed by atoms with Gasteiger partial charge in [-0.25, -0.2) is 0 Å². The summed E-state index contributed by atoms with van der Waals surface area (Å²) < 4.78 is 0.707. The van der Waals surface area contributed by atoms with Crippen molar-refractivity contribution in [2.45, 2.75) is 19.7 Å². The predicted molar refractivity (Wildman–Crippen MR) is 78.7 cm³/mol. The smallest absolute Gasteiger partial charge is 0.129 e. The number of aliphatic hydroxyl groups is 1. The number of hydrogen-bond acceptors (Lipinski definition) is 3. The first kappa shape index (κ1) is 14.1. The molecule has 0 aliphatic heterocycles. The molecule has 0 aliphatic rings. The lowest BCUT2D eigenvalue weighted by Crippen LogP contribution is -2.12. The summed E-state index contributed by atoms with van der Waals surface area (Å²) in [5.41, 5.74) is 3.21. The third kappa shape index (κ3) is 4.06. The van der Waals surface area contributed by atoms with E-state index in [1.165, 1.54) is 5.56 Å². The highest BCUT2D eigenvalue weighted by atomic mass is 79.9. The van der Waals surface area contributed by atoms with Gasteiger partial charge in [0.25, 0.3) is 0 Å². The molecule has 0 radical (unpaired) electrons. The lowest BCUT2D eigenvalue weighted by atomic mass is 10.1. The van der Waals surface area contributed by atoms with Crippen LogP contribution in [0.15, 0.2) is 46.9 Å². The summed E-state index contributed by atoms with van der Waals surface area (Å²) >= 11 is 3.30. The maximum atomic E-state index is 9.41. The zero-order valence-electron chi connectivity index (χ0n) is 10.4. The molecule has 19 heavy (non-hydrogen) atoms. The van der Waals surface area contributed by atoms with Gasteiger partial charge in [-0.15, -0.1) is 0 Å². The zero-order chi connectivity index (χ0) is 13.7. The standard InChI is InChI=1S/C15H16BrNO2/c16-14-7-13(5-6-15(14)19)9-17-8-11-1-3-12(10-18)4-2-11/h1-7,17-19H,8-10H2. The van der Waals surface area contributed by atoms with Crippen molar-refractivity contribution >= 4 is 15.9 Å². The molecule has 3 nitrogen and oxygen atoms in total. The van der Waals surface area contributed by atoms with Gasteiger partial charge in [0.05, 0.1) is 11.1 Å². The highest BCUT2D eigenvalue weighted by molar-refractivity contribution is 9.10. The Labute approximate surface area is 121 Å². The van der Waals surface area contributed by atoms with Crippen LogP contribution in [-0.4, -0.2) is 10.2 Å². The first-order valence-electron chi connectivity index (χ1n) is 6.06. The summed E-state index contributed by atoms with van der Waals surface area (Å²) in [6.45, 7) is 1.58. The van der Waals surface area contributed by atoms with Crippen molar-refractivity contribution in [1.82, 2.24) is 5.32 Å².